The molecule has 0 aromatic rings. The van der Waals surface area contributed by atoms with Crippen molar-refractivity contribution in [1.29, 1.82) is 0 Å². The van der Waals surface area contributed by atoms with Gasteiger partial charge in [0.1, 0.15) is 12.3 Å². The molecule has 0 saturated heterocycles. The van der Waals surface area contributed by atoms with Crippen molar-refractivity contribution in [2.45, 2.75) is 38.8 Å². The minimum atomic E-state index is -1.65. The second-order valence-electron chi connectivity index (χ2n) is 3.31. The molecule has 8 nitrogen and oxygen atoms in total. The Morgan fingerprint density at radius 1 is 1.35 bits per heavy atom. The van der Waals surface area contributed by atoms with Crippen LogP contribution in [0, 0.1) is 0 Å². The van der Waals surface area contributed by atoms with Crippen molar-refractivity contribution >= 4 is 12.1 Å². The number of carboxylic acid groups (broad SMARTS) is 1. The Hall–Kier alpha value is -1.38. The Kier molecular flexibility index (Phi) is 6.47. The van der Waals surface area contributed by atoms with Gasteiger partial charge in [0.05, 0.1) is 6.61 Å². The highest BCUT2D eigenvalue weighted by molar-refractivity contribution is 5.70. The number of rotatable bonds is 6. The Morgan fingerprint density at radius 3 is 2.18 bits per heavy atom. The van der Waals surface area contributed by atoms with Crippen LogP contribution >= 0.6 is 0 Å². The highest BCUT2D eigenvalue weighted by Gasteiger charge is 2.35. The smallest absolute Gasteiger partial charge is 0.412 e. The summed E-state index contributed by atoms with van der Waals surface area (Å²) in [6.45, 7) is 1.81. The Balaban J connectivity index is 4.98. The Morgan fingerprint density at radius 2 is 1.88 bits per heavy atom. The molecule has 0 aliphatic rings. The third-order valence-corrected chi connectivity index (χ3v) is 1.95. The third kappa shape index (κ3) is 4.55. The predicted octanol–water partition coefficient (Wildman–Crippen LogP) is -1.06. The van der Waals surface area contributed by atoms with E-state index < -0.39 is 37.2 Å². The van der Waals surface area contributed by atoms with E-state index in [1.54, 1.807) is 0 Å². The van der Waals surface area contributed by atoms with E-state index in [4.69, 9.17) is 10.2 Å². The monoisotopic (exact) mass is 251 g/mol. The van der Waals surface area contributed by atoms with Gasteiger partial charge in [-0.2, -0.15) is 0 Å². The van der Waals surface area contributed by atoms with Crippen LogP contribution in [-0.2, 0) is 9.53 Å². The first-order valence-corrected chi connectivity index (χ1v) is 5.02. The number of aliphatic hydroxyl groups is 3. The van der Waals surface area contributed by atoms with E-state index in [1.165, 1.54) is 6.92 Å². The molecule has 1 amide bonds. The van der Waals surface area contributed by atoms with Crippen molar-refractivity contribution in [2.24, 2.45) is 0 Å². The van der Waals surface area contributed by atoms with Crippen LogP contribution in [0.25, 0.3) is 0 Å². The molecule has 3 atom stereocenters. The maximum atomic E-state index is 11.1. The maximum Gasteiger partial charge on any atom is 0.412 e. The first-order valence-electron chi connectivity index (χ1n) is 5.02. The van der Waals surface area contributed by atoms with Crippen LogP contribution in [0.3, 0.4) is 0 Å². The van der Waals surface area contributed by atoms with Crippen molar-refractivity contribution in [3.05, 3.63) is 0 Å². The lowest BCUT2D eigenvalue weighted by Gasteiger charge is -2.33. The zero-order valence-corrected chi connectivity index (χ0v) is 9.61. The van der Waals surface area contributed by atoms with E-state index >= 15 is 0 Å². The number of aliphatic hydroxyl groups excluding tert-OH is 3. The minimum absolute atomic E-state index is 0.0259. The van der Waals surface area contributed by atoms with E-state index in [2.05, 4.69) is 4.74 Å². The number of ether oxygens (including phenoxy) is 1. The molecule has 0 saturated carbocycles. The fraction of sp³-hybridized carbons (Fsp3) is 0.778. The van der Waals surface area contributed by atoms with E-state index in [0.717, 1.165) is 6.92 Å². The molecular formula is C9H17NO7. The summed E-state index contributed by atoms with van der Waals surface area (Å²) in [6.07, 6.45) is -6.38. The molecule has 0 spiro atoms. The van der Waals surface area contributed by atoms with E-state index in [9.17, 15) is 19.8 Å². The molecular weight excluding hydrogens is 234 g/mol. The number of hydrogen-bond donors (Lipinski definition) is 4. The molecule has 100 valence electrons. The molecule has 3 unspecified atom stereocenters. The van der Waals surface area contributed by atoms with Gasteiger partial charge in [-0.25, -0.2) is 9.69 Å². The second-order valence-corrected chi connectivity index (χ2v) is 3.31. The normalized spacial score (nSPS) is 15.8. The number of esters is 1. The maximum absolute atomic E-state index is 11.1. The second kappa shape index (κ2) is 7.05. The summed E-state index contributed by atoms with van der Waals surface area (Å²) in [5, 5.41) is 36.2. The lowest BCUT2D eigenvalue weighted by Crippen LogP contribution is -2.53. The van der Waals surface area contributed by atoms with E-state index in [-0.39, 0.29) is 6.42 Å². The molecule has 8 heteroatoms. The Bertz CT molecular complexity index is 268. The fourth-order valence-electron chi connectivity index (χ4n) is 1.11. The van der Waals surface area contributed by atoms with Gasteiger partial charge >= 0.3 is 12.1 Å². The summed E-state index contributed by atoms with van der Waals surface area (Å²) in [4.78, 5) is 22.3. The van der Waals surface area contributed by atoms with Gasteiger partial charge in [-0.05, 0) is 6.92 Å². The minimum Gasteiger partial charge on any atom is -0.465 e. The molecule has 0 aromatic carbocycles. The predicted molar refractivity (Wildman–Crippen MR) is 54.8 cm³/mol. The first-order chi connectivity index (χ1) is 7.84. The van der Waals surface area contributed by atoms with Crippen LogP contribution in [0.15, 0.2) is 0 Å². The summed E-state index contributed by atoms with van der Waals surface area (Å²) in [6, 6.07) is 0. The number of hydrogen-bond acceptors (Lipinski definition) is 6. The van der Waals surface area contributed by atoms with Crippen LogP contribution in [-0.4, -0.2) is 62.6 Å². The van der Waals surface area contributed by atoms with Crippen molar-refractivity contribution < 1.29 is 34.8 Å². The van der Waals surface area contributed by atoms with Gasteiger partial charge in [0.15, 0.2) is 0 Å². The number of carbonyl (C=O) groups is 2. The SMILES string of the molecule is CCC(=O)OC(C(O)CO)N(C(=O)O)C(C)O. The van der Waals surface area contributed by atoms with Crippen molar-refractivity contribution in [1.82, 2.24) is 4.90 Å². The fourth-order valence-corrected chi connectivity index (χ4v) is 1.11. The van der Waals surface area contributed by atoms with Crippen LogP contribution < -0.4 is 0 Å². The van der Waals surface area contributed by atoms with Gasteiger partial charge < -0.3 is 25.2 Å². The lowest BCUT2D eigenvalue weighted by molar-refractivity contribution is -0.183. The third-order valence-electron chi connectivity index (χ3n) is 1.95. The van der Waals surface area contributed by atoms with Gasteiger partial charge in [-0.3, -0.25) is 4.79 Å². The molecule has 0 aliphatic carbocycles. The molecule has 0 heterocycles. The van der Waals surface area contributed by atoms with Crippen LogP contribution in [0.2, 0.25) is 0 Å². The average Bonchev–Trinajstić information content (AvgIpc) is 2.25. The van der Waals surface area contributed by atoms with Crippen molar-refractivity contribution in [3.63, 3.8) is 0 Å². The summed E-state index contributed by atoms with van der Waals surface area (Å²) in [5.74, 6) is -0.755. The summed E-state index contributed by atoms with van der Waals surface area (Å²) in [5.41, 5.74) is 0. The van der Waals surface area contributed by atoms with Crippen molar-refractivity contribution in [2.75, 3.05) is 6.61 Å². The number of nitrogens with zero attached hydrogens (tertiary/aromatic N) is 1. The van der Waals surface area contributed by atoms with Crippen LogP contribution in [0.5, 0.6) is 0 Å². The molecule has 0 aliphatic heterocycles. The van der Waals surface area contributed by atoms with Crippen molar-refractivity contribution in [3.8, 4) is 0 Å². The standard InChI is InChI=1S/C9H17NO7/c1-3-7(14)17-8(6(13)4-11)10(5(2)12)9(15)16/h5-6,8,11-13H,3-4H2,1-2H3,(H,15,16). The Labute approximate surface area is 98.0 Å². The zero-order chi connectivity index (χ0) is 13.6. The lowest BCUT2D eigenvalue weighted by atomic mass is 10.3. The van der Waals surface area contributed by atoms with Crippen LogP contribution in [0.1, 0.15) is 20.3 Å². The number of carbonyl (C=O) groups excluding carboxylic acids is 1. The molecule has 17 heavy (non-hydrogen) atoms. The summed E-state index contributed by atoms with van der Waals surface area (Å²) < 4.78 is 4.67. The molecule has 4 N–H and O–H groups in total. The van der Waals surface area contributed by atoms with Gasteiger partial charge in [0.2, 0.25) is 6.23 Å². The quantitative estimate of drug-likeness (QED) is 0.350. The zero-order valence-electron chi connectivity index (χ0n) is 9.61. The summed E-state index contributed by atoms with van der Waals surface area (Å²) >= 11 is 0. The molecule has 0 fully saturated rings. The van der Waals surface area contributed by atoms with Gasteiger partial charge in [-0.1, -0.05) is 6.92 Å². The molecule has 0 radical (unpaired) electrons. The highest BCUT2D eigenvalue weighted by Crippen LogP contribution is 2.12. The molecule has 0 bridgehead atoms. The largest absolute Gasteiger partial charge is 0.465 e. The topological polar surface area (TPSA) is 128 Å². The first kappa shape index (κ1) is 15.6. The molecule has 0 rings (SSSR count). The molecule has 0 aromatic heterocycles. The average molecular weight is 251 g/mol. The van der Waals surface area contributed by atoms with E-state index in [1.807, 2.05) is 0 Å². The highest BCUT2D eigenvalue weighted by atomic mass is 16.6. The number of amides is 1. The van der Waals surface area contributed by atoms with Gasteiger partial charge in [0.25, 0.3) is 0 Å². The van der Waals surface area contributed by atoms with Crippen LogP contribution in [0.4, 0.5) is 4.79 Å². The van der Waals surface area contributed by atoms with Gasteiger partial charge in [0, 0.05) is 6.42 Å². The van der Waals surface area contributed by atoms with E-state index in [0.29, 0.717) is 4.90 Å². The van der Waals surface area contributed by atoms with Gasteiger partial charge in [-0.15, -0.1) is 0 Å². The summed E-state index contributed by atoms with van der Waals surface area (Å²) in [7, 11) is 0.